The Hall–Kier alpha value is -3.23. The van der Waals surface area contributed by atoms with Gasteiger partial charge in [-0.1, -0.05) is 81.0 Å². The first-order valence-corrected chi connectivity index (χ1v) is 15.7. The fraction of sp³-hybridized carbons (Fsp3) is 0.438. The quantitative estimate of drug-likeness (QED) is 0.520. The highest BCUT2D eigenvalue weighted by Gasteiger charge is 2.51. The number of aromatic carboxylic acids is 1. The Bertz CT molecular complexity index is 1480. The van der Waals surface area contributed by atoms with Gasteiger partial charge in [0.1, 0.15) is 0 Å². The summed E-state index contributed by atoms with van der Waals surface area (Å²) in [4.78, 5) is 27.8. The molecule has 0 unspecified atom stereocenters. The number of rotatable bonds is 5. The van der Waals surface area contributed by atoms with Crippen molar-refractivity contribution >= 4 is 27.5 Å². The molecule has 1 N–H and O–H groups in total. The van der Waals surface area contributed by atoms with Gasteiger partial charge in [-0.3, -0.25) is 4.79 Å². The number of benzene rings is 2. The molecule has 1 aliphatic carbocycles. The summed E-state index contributed by atoms with van der Waals surface area (Å²) in [6.07, 6.45) is 7.36. The number of fused-ring (bicyclic) bond motifs is 1. The third kappa shape index (κ3) is 4.81. The number of carbonyl (C=O) groups is 2. The van der Waals surface area contributed by atoms with E-state index in [1.165, 1.54) is 21.7 Å². The molecule has 40 heavy (non-hydrogen) atoms. The van der Waals surface area contributed by atoms with Crippen LogP contribution in [0.2, 0.25) is 0 Å². The van der Waals surface area contributed by atoms with Crippen LogP contribution in [0, 0.1) is 10.8 Å². The number of carbonyl (C=O) groups excluding carboxylic acids is 1. The van der Waals surface area contributed by atoms with Crippen LogP contribution in [0.25, 0.3) is 5.57 Å². The van der Waals surface area contributed by atoms with Crippen molar-refractivity contribution in [2.24, 2.45) is 10.8 Å². The van der Waals surface area contributed by atoms with Crippen LogP contribution in [0.1, 0.15) is 61.5 Å². The molecule has 0 spiro atoms. The van der Waals surface area contributed by atoms with Crippen LogP contribution in [-0.2, 0) is 20.2 Å². The maximum atomic E-state index is 14.4. The summed E-state index contributed by atoms with van der Waals surface area (Å²) in [7, 11) is -3.32. The van der Waals surface area contributed by atoms with Crippen LogP contribution in [0.5, 0.6) is 0 Å². The van der Waals surface area contributed by atoms with Crippen molar-refractivity contribution < 1.29 is 23.1 Å². The molecule has 5 rings (SSSR count). The third-order valence-electron chi connectivity index (χ3n) is 9.32. The highest BCUT2D eigenvalue weighted by molar-refractivity contribution is 7.88. The summed E-state index contributed by atoms with van der Waals surface area (Å²) in [5, 5.41) is 9.30. The van der Waals surface area contributed by atoms with Crippen molar-refractivity contribution in [3.8, 4) is 0 Å². The second kappa shape index (κ2) is 10.00. The van der Waals surface area contributed by atoms with Gasteiger partial charge in [-0.05, 0) is 48.1 Å². The Balaban J connectivity index is 1.44. The molecular formula is C32H38N2O5S. The van der Waals surface area contributed by atoms with Gasteiger partial charge < -0.3 is 10.0 Å². The predicted octanol–water partition coefficient (Wildman–Crippen LogP) is 4.97. The van der Waals surface area contributed by atoms with Crippen molar-refractivity contribution in [2.75, 3.05) is 32.4 Å². The molecule has 2 aromatic rings. The highest BCUT2D eigenvalue weighted by atomic mass is 32.2. The average Bonchev–Trinajstić information content (AvgIpc) is 2.92. The zero-order valence-electron chi connectivity index (χ0n) is 23.7. The third-order valence-corrected chi connectivity index (χ3v) is 10.6. The fourth-order valence-corrected chi connectivity index (χ4v) is 8.09. The minimum absolute atomic E-state index is 0.0696. The zero-order valence-corrected chi connectivity index (χ0v) is 24.5. The Labute approximate surface area is 237 Å². The summed E-state index contributed by atoms with van der Waals surface area (Å²) < 4.78 is 25.9. The molecule has 1 amide bonds. The molecule has 0 saturated carbocycles. The van der Waals surface area contributed by atoms with Crippen LogP contribution in [0.3, 0.4) is 0 Å². The number of amides is 1. The molecule has 0 radical (unpaired) electrons. The number of nitrogens with zero attached hydrogens (tertiary/aromatic N) is 2. The summed E-state index contributed by atoms with van der Waals surface area (Å²) in [6, 6.07) is 16.9. The number of carboxylic acids is 1. The van der Waals surface area contributed by atoms with E-state index in [2.05, 4.69) is 32.9 Å². The summed E-state index contributed by atoms with van der Waals surface area (Å²) in [5.74, 6) is -0.869. The number of sulfonamides is 1. The normalized spacial score (nSPS) is 24.4. The smallest absolute Gasteiger partial charge is 0.335 e. The number of allylic oxidation sites excluding steroid dienone is 2. The number of piperidine rings is 1. The lowest BCUT2D eigenvalue weighted by Gasteiger charge is -2.52. The van der Waals surface area contributed by atoms with Crippen molar-refractivity contribution in [2.45, 2.75) is 45.4 Å². The molecular weight excluding hydrogens is 524 g/mol. The van der Waals surface area contributed by atoms with E-state index in [4.69, 9.17) is 0 Å². The van der Waals surface area contributed by atoms with Gasteiger partial charge in [0, 0.05) is 37.0 Å². The van der Waals surface area contributed by atoms with Crippen LogP contribution >= 0.6 is 0 Å². The van der Waals surface area contributed by atoms with E-state index in [1.54, 1.807) is 12.1 Å². The van der Waals surface area contributed by atoms with E-state index in [1.807, 2.05) is 47.4 Å². The Morgan fingerprint density at radius 1 is 0.900 bits per heavy atom. The molecule has 7 nitrogen and oxygen atoms in total. The molecule has 3 aliphatic rings. The van der Waals surface area contributed by atoms with Crippen molar-refractivity contribution in [1.29, 1.82) is 0 Å². The van der Waals surface area contributed by atoms with Crippen LogP contribution in [0.4, 0.5) is 0 Å². The molecule has 2 heterocycles. The Morgan fingerprint density at radius 3 is 2.10 bits per heavy atom. The van der Waals surface area contributed by atoms with E-state index < -0.39 is 21.4 Å². The largest absolute Gasteiger partial charge is 0.478 e. The molecule has 2 aromatic carbocycles. The highest BCUT2D eigenvalue weighted by Crippen LogP contribution is 2.55. The van der Waals surface area contributed by atoms with Gasteiger partial charge >= 0.3 is 5.97 Å². The van der Waals surface area contributed by atoms with E-state index in [0.717, 1.165) is 17.5 Å². The lowest BCUT2D eigenvalue weighted by molar-refractivity contribution is -0.140. The van der Waals surface area contributed by atoms with Crippen molar-refractivity contribution in [1.82, 2.24) is 9.21 Å². The first-order valence-electron chi connectivity index (χ1n) is 13.8. The molecule has 1 saturated heterocycles. The fourth-order valence-electron chi connectivity index (χ4n) is 7.24. The number of hydrogen-bond acceptors (Lipinski definition) is 4. The van der Waals surface area contributed by atoms with E-state index in [9.17, 15) is 23.1 Å². The minimum atomic E-state index is -3.32. The van der Waals surface area contributed by atoms with E-state index in [-0.39, 0.29) is 22.3 Å². The predicted molar refractivity (Wildman–Crippen MR) is 156 cm³/mol. The monoisotopic (exact) mass is 562 g/mol. The second-order valence-electron chi connectivity index (χ2n) is 12.3. The molecule has 1 fully saturated rings. The van der Waals surface area contributed by atoms with E-state index >= 15 is 0 Å². The minimum Gasteiger partial charge on any atom is -0.478 e. The molecule has 2 aliphatic heterocycles. The lowest BCUT2D eigenvalue weighted by Crippen LogP contribution is -2.57. The summed E-state index contributed by atoms with van der Waals surface area (Å²) in [5.41, 5.74) is 3.40. The SMILES string of the molecule is CC1(C)C(c2ccc(C(=O)O)cc2)=CC[C@]2(C)CN(C(=O)C3(c4ccccc4)CCN(S(C)(=O)=O)CC3)CC=C12. The zero-order chi connectivity index (χ0) is 28.9. The first-order chi connectivity index (χ1) is 18.8. The van der Waals surface area contributed by atoms with Crippen LogP contribution in [-0.4, -0.2) is 67.0 Å². The van der Waals surface area contributed by atoms with Gasteiger partial charge in [-0.25, -0.2) is 17.5 Å². The van der Waals surface area contributed by atoms with Crippen LogP contribution in [0.15, 0.2) is 72.3 Å². The van der Waals surface area contributed by atoms with Crippen LogP contribution < -0.4 is 0 Å². The summed E-state index contributed by atoms with van der Waals surface area (Å²) >= 11 is 0. The van der Waals surface area contributed by atoms with Crippen molar-refractivity contribution in [3.05, 3.63) is 89.0 Å². The molecule has 1 atom stereocenters. The molecule has 0 bridgehead atoms. The standard InChI is InChI=1S/C32H38N2O5S/c1-30(2)26(23-10-12-24(13-11-23)28(35)36)14-16-31(3)22-33(19-15-27(30)31)29(37)32(25-8-6-5-7-9-25)17-20-34(21-18-32)40(4,38)39/h5-15H,16-22H2,1-4H3,(H,35,36)/t31-/m1/s1. The molecule has 212 valence electrons. The van der Waals surface area contributed by atoms with E-state index in [0.29, 0.717) is 39.0 Å². The topological polar surface area (TPSA) is 95.0 Å². The van der Waals surface area contributed by atoms with Crippen molar-refractivity contribution in [3.63, 3.8) is 0 Å². The Morgan fingerprint density at radius 2 is 1.52 bits per heavy atom. The average molecular weight is 563 g/mol. The number of hydrogen-bond donors (Lipinski definition) is 1. The first kappa shape index (κ1) is 28.3. The van der Waals surface area contributed by atoms with Gasteiger partial charge in [0.05, 0.1) is 17.2 Å². The maximum absolute atomic E-state index is 14.4. The van der Waals surface area contributed by atoms with Gasteiger partial charge in [0.2, 0.25) is 15.9 Å². The Kier molecular flexibility index (Phi) is 7.07. The maximum Gasteiger partial charge on any atom is 0.335 e. The molecule has 8 heteroatoms. The van der Waals surface area contributed by atoms with Gasteiger partial charge in [-0.2, -0.15) is 0 Å². The lowest BCUT2D eigenvalue weighted by atomic mass is 9.58. The summed E-state index contributed by atoms with van der Waals surface area (Å²) in [6.45, 7) is 8.38. The van der Waals surface area contributed by atoms with Gasteiger partial charge in [-0.15, -0.1) is 0 Å². The number of carboxylic acid groups (broad SMARTS) is 1. The molecule has 0 aromatic heterocycles. The second-order valence-corrected chi connectivity index (χ2v) is 14.3. The van der Waals surface area contributed by atoms with Gasteiger partial charge in [0.15, 0.2) is 0 Å². The van der Waals surface area contributed by atoms with Gasteiger partial charge in [0.25, 0.3) is 0 Å².